The zero-order valence-corrected chi connectivity index (χ0v) is 12.3. The number of nitrogens with two attached hydrogens (primary N) is 2. The van der Waals surface area contributed by atoms with Gasteiger partial charge in [-0.2, -0.15) is 0 Å². The lowest BCUT2D eigenvalue weighted by Crippen LogP contribution is -2.32. The molecule has 1 rings (SSSR count). The van der Waals surface area contributed by atoms with Gasteiger partial charge in [-0.15, -0.1) is 0 Å². The maximum absolute atomic E-state index is 11.5. The summed E-state index contributed by atoms with van der Waals surface area (Å²) in [5.74, 6) is -0.268. The van der Waals surface area contributed by atoms with Crippen molar-refractivity contribution in [1.29, 1.82) is 0 Å². The first-order valence-electron chi connectivity index (χ1n) is 7.07. The van der Waals surface area contributed by atoms with E-state index in [0.717, 1.165) is 0 Å². The average molecular weight is 296 g/mol. The Bertz CT molecular complexity index is 527. The Morgan fingerprint density at radius 1 is 1.52 bits per heavy atom. The second kappa shape index (κ2) is 8.43. The van der Waals surface area contributed by atoms with Crippen LogP contribution in [0.15, 0.2) is 17.1 Å². The van der Waals surface area contributed by atoms with Crippen molar-refractivity contribution in [3.63, 3.8) is 0 Å². The van der Waals surface area contributed by atoms with Gasteiger partial charge in [-0.05, 0) is 19.8 Å². The van der Waals surface area contributed by atoms with Crippen molar-refractivity contribution in [3.8, 4) is 5.75 Å². The predicted octanol–water partition coefficient (Wildman–Crippen LogP) is -0.565. The minimum Gasteiger partial charge on any atom is -0.503 e. The molecule has 6 N–H and O–H groups in total. The number of carbonyl (C=O) groups is 1. The number of aromatic hydroxyl groups is 1. The van der Waals surface area contributed by atoms with Gasteiger partial charge in [0.15, 0.2) is 5.75 Å². The van der Waals surface area contributed by atoms with Gasteiger partial charge in [0.05, 0.1) is 5.69 Å². The van der Waals surface area contributed by atoms with Crippen LogP contribution in [0.25, 0.3) is 0 Å². The number of hydrogen-bond acceptors (Lipinski definition) is 5. The molecule has 0 fully saturated rings. The van der Waals surface area contributed by atoms with Crippen LogP contribution in [0.1, 0.15) is 25.0 Å². The summed E-state index contributed by atoms with van der Waals surface area (Å²) in [5, 5.41) is 12.4. The fraction of sp³-hybridized carbons (Fsp3) is 0.571. The van der Waals surface area contributed by atoms with Gasteiger partial charge in [0, 0.05) is 44.4 Å². The third-order valence-electron chi connectivity index (χ3n) is 3.36. The number of hydrogen-bond donors (Lipinski definition) is 4. The second-order valence-electron chi connectivity index (χ2n) is 5.05. The largest absolute Gasteiger partial charge is 0.503 e. The summed E-state index contributed by atoms with van der Waals surface area (Å²) in [5.41, 5.74) is 11.2. The Labute approximate surface area is 123 Å². The number of rotatable bonds is 8. The van der Waals surface area contributed by atoms with Crippen LogP contribution < -0.4 is 22.2 Å². The fourth-order valence-corrected chi connectivity index (χ4v) is 1.90. The van der Waals surface area contributed by atoms with Gasteiger partial charge in [-0.3, -0.25) is 9.59 Å². The SMILES string of the molecule is Cc1c(O)c(=O)ccn1CCCNC(=O)CCC(N)CN. The molecule has 0 aliphatic rings. The number of pyridine rings is 1. The Hall–Kier alpha value is -1.86. The van der Waals surface area contributed by atoms with Gasteiger partial charge in [-0.1, -0.05) is 0 Å². The summed E-state index contributed by atoms with van der Waals surface area (Å²) < 4.78 is 1.78. The molecule has 0 bridgehead atoms. The van der Waals surface area contributed by atoms with Crippen molar-refractivity contribution in [1.82, 2.24) is 9.88 Å². The van der Waals surface area contributed by atoms with Crippen molar-refractivity contribution >= 4 is 5.91 Å². The van der Waals surface area contributed by atoms with E-state index >= 15 is 0 Å². The van der Waals surface area contributed by atoms with E-state index in [2.05, 4.69) is 5.32 Å². The van der Waals surface area contributed by atoms with Crippen LogP contribution in [0.5, 0.6) is 5.75 Å². The summed E-state index contributed by atoms with van der Waals surface area (Å²) in [6.07, 6.45) is 3.29. The van der Waals surface area contributed by atoms with Crippen LogP contribution in [0.3, 0.4) is 0 Å². The van der Waals surface area contributed by atoms with Crippen LogP contribution in [0, 0.1) is 6.92 Å². The van der Waals surface area contributed by atoms with Gasteiger partial charge in [0.25, 0.3) is 0 Å². The zero-order valence-electron chi connectivity index (χ0n) is 12.3. The van der Waals surface area contributed by atoms with Crippen molar-refractivity contribution in [2.24, 2.45) is 11.5 Å². The summed E-state index contributed by atoms with van der Waals surface area (Å²) in [6.45, 7) is 3.21. The van der Waals surface area contributed by atoms with Gasteiger partial charge in [0.1, 0.15) is 0 Å². The Morgan fingerprint density at radius 3 is 2.90 bits per heavy atom. The van der Waals surface area contributed by atoms with E-state index in [9.17, 15) is 14.7 Å². The quantitative estimate of drug-likeness (QED) is 0.479. The number of carbonyl (C=O) groups excluding carboxylic acids is 1. The highest BCUT2D eigenvalue weighted by Gasteiger charge is 2.06. The third-order valence-corrected chi connectivity index (χ3v) is 3.36. The van der Waals surface area contributed by atoms with E-state index < -0.39 is 0 Å². The average Bonchev–Trinajstić information content (AvgIpc) is 2.48. The van der Waals surface area contributed by atoms with Crippen LogP contribution in [-0.4, -0.2) is 34.7 Å². The van der Waals surface area contributed by atoms with Crippen molar-refractivity contribution in [2.45, 2.75) is 38.8 Å². The first-order valence-corrected chi connectivity index (χ1v) is 7.07. The molecule has 1 amide bonds. The van der Waals surface area contributed by atoms with Gasteiger partial charge in [0.2, 0.25) is 11.3 Å². The van der Waals surface area contributed by atoms with E-state index in [0.29, 0.717) is 44.6 Å². The number of nitrogens with zero attached hydrogens (tertiary/aromatic N) is 1. The predicted molar refractivity (Wildman–Crippen MR) is 81.0 cm³/mol. The molecule has 0 radical (unpaired) electrons. The molecule has 0 saturated heterocycles. The number of aromatic nitrogens is 1. The molecule has 0 aromatic carbocycles. The van der Waals surface area contributed by atoms with Crippen molar-refractivity contribution in [2.75, 3.05) is 13.1 Å². The van der Waals surface area contributed by atoms with E-state index in [1.165, 1.54) is 6.07 Å². The first kappa shape index (κ1) is 17.2. The highest BCUT2D eigenvalue weighted by molar-refractivity contribution is 5.75. The summed E-state index contributed by atoms with van der Waals surface area (Å²) in [6, 6.07) is 1.19. The topological polar surface area (TPSA) is 123 Å². The van der Waals surface area contributed by atoms with Crippen molar-refractivity contribution in [3.05, 3.63) is 28.2 Å². The van der Waals surface area contributed by atoms with Gasteiger partial charge >= 0.3 is 0 Å². The van der Waals surface area contributed by atoms with E-state index in [4.69, 9.17) is 11.5 Å². The van der Waals surface area contributed by atoms with Crippen molar-refractivity contribution < 1.29 is 9.90 Å². The minimum absolute atomic E-state index is 0.0432. The van der Waals surface area contributed by atoms with Gasteiger partial charge < -0.3 is 26.5 Å². The van der Waals surface area contributed by atoms with E-state index in [1.807, 2.05) is 0 Å². The molecule has 7 heteroatoms. The molecule has 0 aliphatic carbocycles. The van der Waals surface area contributed by atoms with E-state index in [1.54, 1.807) is 17.7 Å². The minimum atomic E-state index is -0.381. The molecule has 1 unspecified atom stereocenters. The molecule has 7 nitrogen and oxygen atoms in total. The molecule has 0 aliphatic heterocycles. The maximum atomic E-state index is 11.5. The van der Waals surface area contributed by atoms with Crippen LogP contribution in [0.2, 0.25) is 0 Å². The van der Waals surface area contributed by atoms with Crippen LogP contribution in [-0.2, 0) is 11.3 Å². The molecule has 1 atom stereocenters. The Morgan fingerprint density at radius 2 is 2.24 bits per heavy atom. The van der Waals surface area contributed by atoms with Crippen LogP contribution >= 0.6 is 0 Å². The normalized spacial score (nSPS) is 12.1. The summed E-state index contributed by atoms with van der Waals surface area (Å²) in [7, 11) is 0. The van der Waals surface area contributed by atoms with Crippen LogP contribution in [0.4, 0.5) is 0 Å². The molecule has 21 heavy (non-hydrogen) atoms. The standard InChI is InChI=1S/C14H24N4O3/c1-10-14(21)12(19)5-8-18(10)7-2-6-17-13(20)4-3-11(16)9-15/h5,8,11,21H,2-4,6-7,9,15-16H2,1H3,(H,17,20). The fourth-order valence-electron chi connectivity index (χ4n) is 1.90. The zero-order chi connectivity index (χ0) is 15.8. The number of nitrogens with one attached hydrogen (secondary N) is 1. The molecule has 0 spiro atoms. The molecular formula is C14H24N4O3. The number of aryl methyl sites for hydroxylation is 1. The molecule has 0 saturated carbocycles. The van der Waals surface area contributed by atoms with E-state index in [-0.39, 0.29) is 23.1 Å². The maximum Gasteiger partial charge on any atom is 0.223 e. The lowest BCUT2D eigenvalue weighted by molar-refractivity contribution is -0.121. The smallest absolute Gasteiger partial charge is 0.223 e. The Kier molecular flexibility index (Phi) is 6.90. The Balaban J connectivity index is 2.30. The highest BCUT2D eigenvalue weighted by atomic mass is 16.3. The monoisotopic (exact) mass is 296 g/mol. The molecule has 1 aromatic heterocycles. The van der Waals surface area contributed by atoms with Gasteiger partial charge in [-0.25, -0.2) is 0 Å². The lowest BCUT2D eigenvalue weighted by atomic mass is 10.1. The number of amides is 1. The summed E-state index contributed by atoms with van der Waals surface area (Å²) in [4.78, 5) is 22.8. The first-order chi connectivity index (χ1) is 9.95. The highest BCUT2D eigenvalue weighted by Crippen LogP contribution is 2.09. The molecular weight excluding hydrogens is 272 g/mol. The second-order valence-corrected chi connectivity index (χ2v) is 5.05. The lowest BCUT2D eigenvalue weighted by Gasteiger charge is -2.12. The molecule has 118 valence electrons. The molecule has 1 aromatic rings. The third kappa shape index (κ3) is 5.57. The summed E-state index contributed by atoms with van der Waals surface area (Å²) >= 11 is 0. The molecule has 1 heterocycles.